The smallest absolute Gasteiger partial charge is 0.353 e. The zero-order chi connectivity index (χ0) is 20.3. The van der Waals surface area contributed by atoms with Crippen molar-refractivity contribution in [2.75, 3.05) is 6.54 Å². The topological polar surface area (TPSA) is 67.9 Å². The quantitative estimate of drug-likeness (QED) is 0.461. The molecular formula is C22H31N2O4P. The van der Waals surface area contributed by atoms with Crippen molar-refractivity contribution in [2.45, 2.75) is 70.1 Å². The lowest BCUT2D eigenvalue weighted by molar-refractivity contribution is -0.282. The molecule has 1 spiro atoms. The highest BCUT2D eigenvalue weighted by atomic mass is 31.0. The number of nitrogens with zero attached hydrogens (tertiary/aromatic N) is 1. The predicted molar refractivity (Wildman–Crippen MR) is 112 cm³/mol. The maximum absolute atomic E-state index is 13.1. The van der Waals surface area contributed by atoms with Gasteiger partial charge in [0.15, 0.2) is 0 Å². The third kappa shape index (κ3) is 4.35. The van der Waals surface area contributed by atoms with Crippen molar-refractivity contribution in [3.8, 4) is 0 Å². The van der Waals surface area contributed by atoms with Crippen LogP contribution in [-0.4, -0.2) is 35.2 Å². The molecule has 29 heavy (non-hydrogen) atoms. The van der Waals surface area contributed by atoms with Crippen molar-refractivity contribution in [2.24, 2.45) is 11.3 Å². The summed E-state index contributed by atoms with van der Waals surface area (Å²) in [5.74, 6) is -0.0210. The van der Waals surface area contributed by atoms with Crippen LogP contribution in [0.25, 0.3) is 0 Å². The largest absolute Gasteiger partial charge is 0.359 e. The zero-order valence-corrected chi connectivity index (χ0v) is 18.0. The van der Waals surface area contributed by atoms with E-state index < -0.39 is 17.4 Å². The van der Waals surface area contributed by atoms with Gasteiger partial charge in [-0.2, -0.15) is 4.89 Å². The van der Waals surface area contributed by atoms with Crippen molar-refractivity contribution >= 4 is 21.3 Å². The number of amides is 1. The Morgan fingerprint density at radius 2 is 1.86 bits per heavy atom. The molecule has 5 unspecified atom stereocenters. The van der Waals surface area contributed by atoms with Gasteiger partial charge < -0.3 is 5.32 Å². The molecule has 1 saturated carbocycles. The molecule has 2 saturated heterocycles. The molecule has 0 aromatic heterocycles. The number of carbonyl (C=O) groups is 2. The summed E-state index contributed by atoms with van der Waals surface area (Å²) >= 11 is 0. The minimum atomic E-state index is -0.500. The van der Waals surface area contributed by atoms with E-state index in [2.05, 4.69) is 14.7 Å². The number of fused-ring (bicyclic) bond motifs is 2. The maximum atomic E-state index is 13.1. The van der Waals surface area contributed by atoms with Gasteiger partial charge in [0.05, 0.1) is 5.41 Å². The van der Waals surface area contributed by atoms with E-state index in [1.54, 1.807) is 0 Å². The molecule has 2 aliphatic heterocycles. The van der Waals surface area contributed by atoms with Gasteiger partial charge in [0.25, 0.3) is 0 Å². The Morgan fingerprint density at radius 1 is 1.14 bits per heavy atom. The van der Waals surface area contributed by atoms with E-state index in [4.69, 9.17) is 9.78 Å². The summed E-state index contributed by atoms with van der Waals surface area (Å²) in [5.41, 5.74) is 0.439. The van der Waals surface area contributed by atoms with Crippen LogP contribution in [0.3, 0.4) is 0 Å². The molecule has 1 aliphatic carbocycles. The average molecular weight is 418 g/mol. The molecule has 3 fully saturated rings. The lowest BCUT2D eigenvalue weighted by Gasteiger charge is -2.30. The van der Waals surface area contributed by atoms with Crippen molar-refractivity contribution < 1.29 is 19.4 Å². The molecular weight excluding hydrogens is 387 g/mol. The first-order chi connectivity index (χ1) is 14.1. The van der Waals surface area contributed by atoms with Crippen molar-refractivity contribution in [1.29, 1.82) is 0 Å². The molecule has 3 aliphatic rings. The highest BCUT2D eigenvalue weighted by Gasteiger charge is 2.60. The number of carbonyl (C=O) groups excluding carboxylic acids is 2. The van der Waals surface area contributed by atoms with Crippen LogP contribution in [0.4, 0.5) is 0 Å². The van der Waals surface area contributed by atoms with Gasteiger partial charge in [0.2, 0.25) is 5.91 Å². The third-order valence-corrected chi connectivity index (χ3v) is 7.44. The van der Waals surface area contributed by atoms with Crippen LogP contribution in [0, 0.1) is 11.3 Å². The fraction of sp³-hybridized carbons (Fsp3) is 0.636. The second-order valence-electron chi connectivity index (χ2n) is 8.73. The van der Waals surface area contributed by atoms with E-state index in [1.807, 2.05) is 35.0 Å². The van der Waals surface area contributed by atoms with Gasteiger partial charge in [-0.3, -0.25) is 14.4 Å². The van der Waals surface area contributed by atoms with E-state index in [9.17, 15) is 9.59 Å². The number of hydrogen-bond acceptors (Lipinski definition) is 5. The molecule has 158 valence electrons. The SMILES string of the molecule is O=C(OOCc1ccccc1)C1CC2(CN1P)C(=O)NC1CCCCCCCC12. The van der Waals surface area contributed by atoms with Gasteiger partial charge >= 0.3 is 5.97 Å². The zero-order valence-electron chi connectivity index (χ0n) is 16.8. The molecule has 1 aromatic carbocycles. The fourth-order valence-corrected chi connectivity index (χ4v) is 5.93. The normalized spacial score (nSPS) is 32.9. The standard InChI is InChI=1S/C22H31N2O4P/c25-20(28-27-14-16-9-5-4-6-10-16)19-13-22(15-24(19)29)17-11-7-2-1-3-8-12-18(17)23-21(22)26/h4-6,9-10,17-19H,1-3,7-8,11-15,29H2,(H,23,26). The van der Waals surface area contributed by atoms with Crippen LogP contribution >= 0.6 is 9.39 Å². The van der Waals surface area contributed by atoms with E-state index >= 15 is 0 Å². The Hall–Kier alpha value is -1.49. The molecule has 5 atom stereocenters. The molecule has 0 radical (unpaired) electrons. The Bertz CT molecular complexity index is 731. The minimum Gasteiger partial charge on any atom is -0.353 e. The molecule has 4 rings (SSSR count). The second kappa shape index (κ2) is 9.11. The van der Waals surface area contributed by atoms with E-state index in [0.717, 1.165) is 24.8 Å². The number of rotatable bonds is 4. The van der Waals surface area contributed by atoms with Crippen LogP contribution in [0.5, 0.6) is 0 Å². The van der Waals surface area contributed by atoms with E-state index in [0.29, 0.717) is 18.9 Å². The fourth-order valence-electron chi connectivity index (χ4n) is 5.38. The summed E-state index contributed by atoms with van der Waals surface area (Å²) in [6, 6.07) is 9.35. The summed E-state index contributed by atoms with van der Waals surface area (Å²) < 4.78 is 1.89. The van der Waals surface area contributed by atoms with Crippen molar-refractivity contribution in [1.82, 2.24) is 9.99 Å². The van der Waals surface area contributed by atoms with Gasteiger partial charge in [-0.05, 0) is 30.7 Å². The lowest BCUT2D eigenvalue weighted by atomic mass is 9.70. The summed E-state index contributed by atoms with van der Waals surface area (Å²) in [5, 5.41) is 3.27. The van der Waals surface area contributed by atoms with Crippen molar-refractivity contribution in [3.05, 3.63) is 35.9 Å². The highest BCUT2D eigenvalue weighted by Crippen LogP contribution is 2.51. The monoisotopic (exact) mass is 418 g/mol. The third-order valence-electron chi connectivity index (χ3n) is 6.90. The first kappa shape index (κ1) is 20.8. The van der Waals surface area contributed by atoms with Crippen molar-refractivity contribution in [3.63, 3.8) is 0 Å². The molecule has 6 nitrogen and oxygen atoms in total. The Morgan fingerprint density at radius 3 is 2.66 bits per heavy atom. The van der Waals surface area contributed by atoms with Crippen LogP contribution in [0.1, 0.15) is 56.9 Å². The minimum absolute atomic E-state index is 0.112. The number of benzene rings is 1. The van der Waals surface area contributed by atoms with E-state index in [1.165, 1.54) is 25.7 Å². The van der Waals surface area contributed by atoms with Crippen LogP contribution < -0.4 is 5.32 Å². The number of hydrogen-bond donors (Lipinski definition) is 1. The molecule has 1 amide bonds. The molecule has 2 heterocycles. The van der Waals surface area contributed by atoms with Crippen LogP contribution in [0.15, 0.2) is 30.3 Å². The lowest BCUT2D eigenvalue weighted by Crippen LogP contribution is -2.37. The molecule has 1 aromatic rings. The first-order valence-electron chi connectivity index (χ1n) is 10.8. The Kier molecular flexibility index (Phi) is 6.53. The van der Waals surface area contributed by atoms with Gasteiger partial charge in [-0.25, -0.2) is 4.79 Å². The van der Waals surface area contributed by atoms with Gasteiger partial charge in [0.1, 0.15) is 12.6 Å². The van der Waals surface area contributed by atoms with Gasteiger partial charge in [0, 0.05) is 12.6 Å². The van der Waals surface area contributed by atoms with Crippen LogP contribution in [-0.2, 0) is 26.0 Å². The summed E-state index contributed by atoms with van der Waals surface area (Å²) in [6.07, 6.45) is 8.68. The van der Waals surface area contributed by atoms with Crippen LogP contribution in [0.2, 0.25) is 0 Å². The Balaban J connectivity index is 1.40. The summed E-state index contributed by atoms with van der Waals surface area (Å²) in [6.45, 7) is 0.787. The maximum Gasteiger partial charge on any atom is 0.359 e. The molecule has 7 heteroatoms. The average Bonchev–Trinajstić information content (AvgIpc) is 3.22. The second-order valence-corrected chi connectivity index (χ2v) is 9.39. The molecule has 1 N–H and O–H groups in total. The summed E-state index contributed by atoms with van der Waals surface area (Å²) in [7, 11) is 2.63. The highest BCUT2D eigenvalue weighted by molar-refractivity contribution is 7.13. The predicted octanol–water partition coefficient (Wildman–Crippen LogP) is 3.37. The summed E-state index contributed by atoms with van der Waals surface area (Å²) in [4.78, 5) is 36.1. The van der Waals surface area contributed by atoms with Gasteiger partial charge in [-0.1, -0.05) is 71.8 Å². The van der Waals surface area contributed by atoms with Gasteiger partial charge in [-0.15, -0.1) is 0 Å². The Labute approximate surface area is 174 Å². The first-order valence-corrected chi connectivity index (χ1v) is 11.3. The number of nitrogens with one attached hydrogen (secondary N) is 1. The molecule has 0 bridgehead atoms. The van der Waals surface area contributed by atoms with E-state index in [-0.39, 0.29) is 18.6 Å².